The van der Waals surface area contributed by atoms with Crippen LogP contribution in [0.4, 0.5) is 26.2 Å². The number of benzene rings is 2. The molecule has 1 fully saturated rings. The van der Waals surface area contributed by atoms with Crippen LogP contribution in [0.1, 0.15) is 58.5 Å². The highest BCUT2D eigenvalue weighted by Crippen LogP contribution is 2.42. The van der Waals surface area contributed by atoms with Crippen molar-refractivity contribution in [2.45, 2.75) is 38.2 Å². The number of rotatable bonds is 8. The summed E-state index contributed by atoms with van der Waals surface area (Å²) in [7, 11) is 0. The summed E-state index contributed by atoms with van der Waals surface area (Å²) >= 11 is 0. The molecule has 3 aromatic rings. The highest BCUT2D eigenvalue weighted by atomic mass is 19.3. The Kier molecular flexibility index (Phi) is 6.85. The molecule has 1 aromatic heterocycles. The van der Waals surface area contributed by atoms with Gasteiger partial charge in [-0.3, -0.25) is 4.79 Å². The zero-order valence-electron chi connectivity index (χ0n) is 21.4. The van der Waals surface area contributed by atoms with Crippen molar-refractivity contribution < 1.29 is 28.2 Å². The van der Waals surface area contributed by atoms with E-state index in [9.17, 15) is 23.5 Å². The molecule has 5 rings (SSSR count). The first-order valence-electron chi connectivity index (χ1n) is 12.5. The topological polar surface area (TPSA) is 126 Å². The molecule has 1 aliphatic carbocycles. The second-order valence-corrected chi connectivity index (χ2v) is 10.1. The molecule has 2 heterocycles. The molecule has 1 aliphatic heterocycles. The van der Waals surface area contributed by atoms with Gasteiger partial charge in [-0.2, -0.15) is 4.98 Å². The lowest BCUT2D eigenvalue weighted by atomic mass is 9.81. The van der Waals surface area contributed by atoms with Crippen LogP contribution in [0.15, 0.2) is 59.7 Å². The SMILES string of the molecule is CC1(C)OC(=O)c2ccc(Nc3ncc(C(=O)NCC4CC(F)(F)C4)c(N=C(CO)c4ccccc4)n3)cc21. The number of nitrogens with zero attached hydrogens (tertiary/aromatic N) is 3. The average molecular weight is 536 g/mol. The van der Waals surface area contributed by atoms with E-state index in [2.05, 4.69) is 25.6 Å². The highest BCUT2D eigenvalue weighted by Gasteiger charge is 2.45. The molecule has 39 heavy (non-hydrogen) atoms. The molecule has 0 bridgehead atoms. The van der Waals surface area contributed by atoms with Gasteiger partial charge in [0.2, 0.25) is 11.9 Å². The molecular formula is C28H27F2N5O4. The van der Waals surface area contributed by atoms with Crippen LogP contribution < -0.4 is 10.6 Å². The Morgan fingerprint density at radius 3 is 2.62 bits per heavy atom. The van der Waals surface area contributed by atoms with Gasteiger partial charge in [0.15, 0.2) is 5.82 Å². The first kappa shape index (κ1) is 26.4. The van der Waals surface area contributed by atoms with Gasteiger partial charge >= 0.3 is 5.97 Å². The lowest BCUT2D eigenvalue weighted by Crippen LogP contribution is -2.42. The number of aromatic nitrogens is 2. The third-order valence-electron chi connectivity index (χ3n) is 6.73. The van der Waals surface area contributed by atoms with E-state index in [1.807, 2.05) is 6.07 Å². The number of fused-ring (bicyclic) bond motifs is 1. The normalized spacial score (nSPS) is 17.7. The zero-order chi connectivity index (χ0) is 27.8. The van der Waals surface area contributed by atoms with E-state index in [0.29, 0.717) is 22.4 Å². The number of nitrogens with one attached hydrogen (secondary N) is 2. The molecule has 9 nitrogen and oxygen atoms in total. The third kappa shape index (κ3) is 5.63. The van der Waals surface area contributed by atoms with E-state index in [-0.39, 0.29) is 48.3 Å². The number of cyclic esters (lactones) is 1. The predicted molar refractivity (Wildman–Crippen MR) is 140 cm³/mol. The van der Waals surface area contributed by atoms with Crippen molar-refractivity contribution in [3.05, 3.63) is 77.0 Å². The van der Waals surface area contributed by atoms with Gasteiger partial charge < -0.3 is 20.5 Å². The number of hydrogen-bond acceptors (Lipinski definition) is 8. The predicted octanol–water partition coefficient (Wildman–Crippen LogP) is 4.51. The van der Waals surface area contributed by atoms with Crippen molar-refractivity contribution in [2.24, 2.45) is 10.9 Å². The summed E-state index contributed by atoms with van der Waals surface area (Å²) in [4.78, 5) is 38.3. The van der Waals surface area contributed by atoms with Crippen LogP contribution in [0.25, 0.3) is 0 Å². The molecule has 0 unspecified atom stereocenters. The molecule has 202 valence electrons. The summed E-state index contributed by atoms with van der Waals surface area (Å²) in [5, 5.41) is 15.7. The van der Waals surface area contributed by atoms with Crippen LogP contribution in [-0.4, -0.2) is 51.7 Å². The van der Waals surface area contributed by atoms with Gasteiger partial charge in [-0.25, -0.2) is 23.6 Å². The molecule has 2 aromatic carbocycles. The Morgan fingerprint density at radius 1 is 1.18 bits per heavy atom. The van der Waals surface area contributed by atoms with Crippen molar-refractivity contribution in [3.8, 4) is 0 Å². The van der Waals surface area contributed by atoms with Crippen LogP contribution in [0.3, 0.4) is 0 Å². The van der Waals surface area contributed by atoms with E-state index in [1.165, 1.54) is 6.20 Å². The summed E-state index contributed by atoms with van der Waals surface area (Å²) in [6.07, 6.45) is 0.756. The van der Waals surface area contributed by atoms with Crippen LogP contribution in [0.2, 0.25) is 0 Å². The molecule has 0 radical (unpaired) electrons. The van der Waals surface area contributed by atoms with Gasteiger partial charge in [0, 0.05) is 36.8 Å². The number of esters is 1. The second kappa shape index (κ2) is 10.1. The maximum atomic E-state index is 13.2. The lowest BCUT2D eigenvalue weighted by Gasteiger charge is -2.34. The fraction of sp³-hybridized carbons (Fsp3) is 0.321. The number of carbonyl (C=O) groups excluding carboxylic acids is 2. The Balaban J connectivity index is 1.45. The average Bonchev–Trinajstić information content (AvgIpc) is 3.12. The van der Waals surface area contributed by atoms with Crippen molar-refractivity contribution in [1.29, 1.82) is 0 Å². The number of aliphatic hydroxyl groups is 1. The number of halogens is 2. The van der Waals surface area contributed by atoms with E-state index >= 15 is 0 Å². The lowest BCUT2D eigenvalue weighted by molar-refractivity contribution is -0.108. The molecular weight excluding hydrogens is 508 g/mol. The molecule has 1 amide bonds. The maximum Gasteiger partial charge on any atom is 0.339 e. The van der Waals surface area contributed by atoms with Crippen LogP contribution in [0.5, 0.6) is 0 Å². The summed E-state index contributed by atoms with van der Waals surface area (Å²) in [5.74, 6) is -3.83. The fourth-order valence-electron chi connectivity index (χ4n) is 4.66. The minimum atomic E-state index is -2.68. The van der Waals surface area contributed by atoms with Crippen LogP contribution in [0, 0.1) is 5.92 Å². The molecule has 1 saturated carbocycles. The van der Waals surface area contributed by atoms with E-state index in [1.54, 1.807) is 56.3 Å². The van der Waals surface area contributed by atoms with Crippen LogP contribution in [-0.2, 0) is 10.3 Å². The number of hydrogen-bond donors (Lipinski definition) is 3. The Bertz CT molecular complexity index is 1450. The van der Waals surface area contributed by atoms with Gasteiger partial charge in [0.05, 0.1) is 17.9 Å². The first-order chi connectivity index (χ1) is 18.5. The first-order valence-corrected chi connectivity index (χ1v) is 12.5. The molecule has 0 saturated heterocycles. The Morgan fingerprint density at radius 2 is 1.92 bits per heavy atom. The summed E-state index contributed by atoms with van der Waals surface area (Å²) in [6.45, 7) is 3.27. The van der Waals surface area contributed by atoms with Crippen molar-refractivity contribution in [3.63, 3.8) is 0 Å². The molecule has 2 aliphatic rings. The monoisotopic (exact) mass is 535 g/mol. The third-order valence-corrected chi connectivity index (χ3v) is 6.73. The van der Waals surface area contributed by atoms with Gasteiger partial charge in [-0.1, -0.05) is 30.3 Å². The number of anilines is 2. The largest absolute Gasteiger partial charge is 0.451 e. The zero-order valence-corrected chi connectivity index (χ0v) is 21.4. The maximum absolute atomic E-state index is 13.2. The molecule has 11 heteroatoms. The molecule has 0 spiro atoms. The number of carbonyl (C=O) groups is 2. The number of aliphatic hydroxyl groups excluding tert-OH is 1. The van der Waals surface area contributed by atoms with Crippen LogP contribution >= 0.6 is 0 Å². The summed E-state index contributed by atoms with van der Waals surface area (Å²) in [6, 6.07) is 14.0. The van der Waals surface area contributed by atoms with Gasteiger partial charge in [-0.05, 0) is 43.5 Å². The Hall–Kier alpha value is -4.25. The highest BCUT2D eigenvalue weighted by molar-refractivity contribution is 6.05. The quantitative estimate of drug-likeness (QED) is 0.286. The molecule has 3 N–H and O–H groups in total. The number of aliphatic imine (C=N–C) groups is 1. The van der Waals surface area contributed by atoms with Gasteiger partial charge in [0.25, 0.3) is 5.91 Å². The fourth-order valence-corrected chi connectivity index (χ4v) is 4.66. The van der Waals surface area contributed by atoms with E-state index < -0.39 is 30.0 Å². The Labute approximate surface area is 223 Å². The van der Waals surface area contributed by atoms with Gasteiger partial charge in [0.1, 0.15) is 11.2 Å². The minimum absolute atomic E-state index is 0.00292. The molecule has 0 atom stereocenters. The smallest absolute Gasteiger partial charge is 0.339 e. The van der Waals surface area contributed by atoms with Gasteiger partial charge in [-0.15, -0.1) is 0 Å². The van der Waals surface area contributed by atoms with Crippen molar-refractivity contribution >= 4 is 35.0 Å². The van der Waals surface area contributed by atoms with E-state index in [4.69, 9.17) is 4.74 Å². The number of alkyl halides is 2. The minimum Gasteiger partial charge on any atom is -0.451 e. The summed E-state index contributed by atoms with van der Waals surface area (Å²) < 4.78 is 31.8. The number of amides is 1. The van der Waals surface area contributed by atoms with E-state index in [0.717, 1.165) is 0 Å². The summed E-state index contributed by atoms with van der Waals surface area (Å²) in [5.41, 5.74) is 1.93. The second-order valence-electron chi connectivity index (χ2n) is 10.1. The van der Waals surface area contributed by atoms with Crippen molar-refractivity contribution in [1.82, 2.24) is 15.3 Å². The van der Waals surface area contributed by atoms with Crippen molar-refractivity contribution in [2.75, 3.05) is 18.5 Å². The number of ether oxygens (including phenoxy) is 1. The standard InChI is InChI=1S/C28H27F2N5O4/c1-27(2)21-10-18(8-9-19(21)25(38)39-27)33-26-32-14-20(24(37)31-13-16-11-28(29,30)12-16)23(35-26)34-22(15-36)17-6-4-3-5-7-17/h3-10,14,16,36H,11-13,15H2,1-2H3,(H,31,37)(H,32,33,35).